The van der Waals surface area contributed by atoms with Crippen LogP contribution in [0.2, 0.25) is 0 Å². The van der Waals surface area contributed by atoms with Crippen LogP contribution in [0.3, 0.4) is 0 Å². The van der Waals surface area contributed by atoms with Crippen LogP contribution in [0.4, 0.5) is 0 Å². The summed E-state index contributed by atoms with van der Waals surface area (Å²) >= 11 is 0. The van der Waals surface area contributed by atoms with Gasteiger partial charge in [0.15, 0.2) is 6.10 Å². The average molecular weight is 717 g/mol. The highest BCUT2D eigenvalue weighted by molar-refractivity contribution is 7.47. The maximum absolute atomic E-state index is 12.6. The van der Waals surface area contributed by atoms with Crippen LogP contribution >= 0.6 is 7.82 Å². The molecular formula is C39H75NO8P+. The third-order valence-corrected chi connectivity index (χ3v) is 9.17. The monoisotopic (exact) mass is 717 g/mol. The van der Waals surface area contributed by atoms with Crippen LogP contribution < -0.4 is 0 Å². The molecule has 0 aliphatic rings. The molecule has 0 aliphatic carbocycles. The van der Waals surface area contributed by atoms with Crippen LogP contribution in [0.25, 0.3) is 0 Å². The van der Waals surface area contributed by atoms with Crippen LogP contribution in [0, 0.1) is 0 Å². The van der Waals surface area contributed by atoms with Crippen LogP contribution in [-0.4, -0.2) is 74.9 Å². The second-order valence-electron chi connectivity index (χ2n) is 14.3. The molecule has 0 aromatic rings. The Morgan fingerprint density at radius 2 is 1.08 bits per heavy atom. The minimum absolute atomic E-state index is 0.0295. The third kappa shape index (κ3) is 36.1. The normalized spacial score (nSPS) is 14.0. The lowest BCUT2D eigenvalue weighted by Gasteiger charge is -2.24. The van der Waals surface area contributed by atoms with E-state index in [-0.39, 0.29) is 32.0 Å². The molecule has 0 rings (SSSR count). The van der Waals surface area contributed by atoms with Crippen molar-refractivity contribution in [1.82, 2.24) is 0 Å². The molecule has 0 saturated carbocycles. The summed E-state index contributed by atoms with van der Waals surface area (Å²) in [6, 6.07) is 0. The van der Waals surface area contributed by atoms with Crippen LogP contribution in [0.5, 0.6) is 0 Å². The molecular weight excluding hydrogens is 641 g/mol. The van der Waals surface area contributed by atoms with Crippen molar-refractivity contribution >= 4 is 19.8 Å². The number of phosphoric acid groups is 1. The number of carbonyl (C=O) groups is 2. The molecule has 9 nitrogen and oxygen atoms in total. The number of ether oxygens (including phenoxy) is 2. The van der Waals surface area contributed by atoms with Gasteiger partial charge in [-0.2, -0.15) is 0 Å². The van der Waals surface area contributed by atoms with Crippen LogP contribution in [0.15, 0.2) is 24.3 Å². The molecule has 0 fully saturated rings. The summed E-state index contributed by atoms with van der Waals surface area (Å²) < 4.78 is 34.1. The fourth-order valence-corrected chi connectivity index (χ4v) is 5.81. The molecule has 0 saturated heterocycles. The molecule has 49 heavy (non-hydrogen) atoms. The van der Waals surface area contributed by atoms with Gasteiger partial charge in [-0.3, -0.25) is 18.6 Å². The Morgan fingerprint density at radius 3 is 1.59 bits per heavy atom. The first kappa shape index (κ1) is 47.5. The van der Waals surface area contributed by atoms with Crippen molar-refractivity contribution in [3.8, 4) is 0 Å². The van der Waals surface area contributed by atoms with Crippen molar-refractivity contribution < 1.29 is 42.1 Å². The lowest BCUT2D eigenvalue weighted by atomic mass is 10.1. The predicted octanol–water partition coefficient (Wildman–Crippen LogP) is 10.4. The minimum Gasteiger partial charge on any atom is -0.462 e. The van der Waals surface area contributed by atoms with E-state index in [2.05, 4.69) is 38.2 Å². The standard InChI is InChI=1S/C39H74NO8P/c1-6-8-10-12-14-16-18-19-20-21-22-24-25-27-29-31-38(41)45-35-37(36-47-49(43,44)46-34-33-40(3,4)5)48-39(42)32-30-28-26-23-17-15-13-11-9-7-2/h11,13,19-20,37H,6-10,12,14-18,21-36H2,1-5H3/p+1/b13-11+,20-19+/t37-/m1/s1. The maximum atomic E-state index is 12.6. The second kappa shape index (κ2) is 32.4. The molecule has 1 N–H and O–H groups in total. The van der Waals surface area contributed by atoms with E-state index in [1.165, 1.54) is 51.4 Å². The Bertz CT molecular complexity index is 902. The molecule has 10 heteroatoms. The highest BCUT2D eigenvalue weighted by Gasteiger charge is 2.27. The first-order valence-electron chi connectivity index (χ1n) is 19.6. The molecule has 0 spiro atoms. The lowest BCUT2D eigenvalue weighted by Crippen LogP contribution is -2.37. The van der Waals surface area contributed by atoms with Gasteiger partial charge >= 0.3 is 19.8 Å². The molecule has 0 bridgehead atoms. The molecule has 0 aromatic heterocycles. The van der Waals surface area contributed by atoms with Gasteiger partial charge in [0.25, 0.3) is 0 Å². The van der Waals surface area contributed by atoms with Gasteiger partial charge in [0, 0.05) is 12.8 Å². The van der Waals surface area contributed by atoms with Crippen molar-refractivity contribution in [2.75, 3.05) is 47.5 Å². The van der Waals surface area contributed by atoms with Crippen LogP contribution in [-0.2, 0) is 32.7 Å². The smallest absolute Gasteiger partial charge is 0.462 e. The zero-order valence-corrected chi connectivity index (χ0v) is 33.1. The van der Waals surface area contributed by atoms with Gasteiger partial charge in [-0.15, -0.1) is 0 Å². The van der Waals surface area contributed by atoms with E-state index in [0.29, 0.717) is 17.4 Å². The summed E-state index contributed by atoms with van der Waals surface area (Å²) in [6.07, 6.45) is 32.3. The van der Waals surface area contributed by atoms with Gasteiger partial charge in [0.05, 0.1) is 27.7 Å². The summed E-state index contributed by atoms with van der Waals surface area (Å²) in [7, 11) is 1.46. The van der Waals surface area contributed by atoms with E-state index in [1.807, 2.05) is 21.1 Å². The topological polar surface area (TPSA) is 108 Å². The number of esters is 2. The molecule has 288 valence electrons. The number of hydrogen-bond acceptors (Lipinski definition) is 7. The van der Waals surface area contributed by atoms with Gasteiger partial charge in [-0.25, -0.2) is 4.57 Å². The first-order valence-corrected chi connectivity index (χ1v) is 21.1. The quantitative estimate of drug-likeness (QED) is 0.0227. The van der Waals surface area contributed by atoms with Gasteiger partial charge < -0.3 is 18.9 Å². The van der Waals surface area contributed by atoms with Crippen LogP contribution in [0.1, 0.15) is 162 Å². The summed E-state index contributed by atoms with van der Waals surface area (Å²) in [6.45, 7) is 4.32. The largest absolute Gasteiger partial charge is 0.472 e. The van der Waals surface area contributed by atoms with Crippen molar-refractivity contribution in [3.63, 3.8) is 0 Å². The molecule has 0 amide bonds. The molecule has 1 unspecified atom stereocenters. The predicted molar refractivity (Wildman–Crippen MR) is 201 cm³/mol. The first-order chi connectivity index (χ1) is 23.5. The molecule has 2 atom stereocenters. The Morgan fingerprint density at radius 1 is 0.612 bits per heavy atom. The van der Waals surface area contributed by atoms with E-state index in [4.69, 9.17) is 18.5 Å². The van der Waals surface area contributed by atoms with Crippen molar-refractivity contribution in [2.45, 2.75) is 168 Å². The third-order valence-electron chi connectivity index (χ3n) is 8.18. The second-order valence-corrected chi connectivity index (χ2v) is 15.8. The lowest BCUT2D eigenvalue weighted by molar-refractivity contribution is -0.870. The summed E-state index contributed by atoms with van der Waals surface area (Å²) in [5.74, 6) is -0.822. The number of likely N-dealkylation sites (N-methyl/N-ethyl adjacent to an activating group) is 1. The number of quaternary nitrogens is 1. The highest BCUT2D eigenvalue weighted by atomic mass is 31.2. The summed E-state index contributed by atoms with van der Waals surface area (Å²) in [5, 5.41) is 0. The van der Waals surface area contributed by atoms with Gasteiger partial charge in [-0.1, -0.05) is 115 Å². The average Bonchev–Trinajstić information content (AvgIpc) is 3.04. The number of nitrogens with zero attached hydrogens (tertiary/aromatic N) is 1. The Balaban J connectivity index is 4.41. The Kier molecular flexibility index (Phi) is 31.4. The van der Waals surface area contributed by atoms with E-state index < -0.39 is 26.5 Å². The summed E-state index contributed by atoms with van der Waals surface area (Å²) in [4.78, 5) is 35.1. The number of hydrogen-bond donors (Lipinski definition) is 1. The van der Waals surface area contributed by atoms with E-state index in [1.54, 1.807) is 0 Å². The van der Waals surface area contributed by atoms with Gasteiger partial charge in [-0.05, 0) is 57.8 Å². The number of phosphoric ester groups is 1. The SMILES string of the molecule is CCC/C=C/CCCCCCCC(=O)O[C@H](COC(=O)CCCCCCC/C=C/CCCCCCCC)COP(=O)(O)OCC[N+](C)(C)C. The van der Waals surface area contributed by atoms with E-state index >= 15 is 0 Å². The van der Waals surface area contributed by atoms with Crippen molar-refractivity contribution in [1.29, 1.82) is 0 Å². The zero-order valence-electron chi connectivity index (χ0n) is 32.2. The molecule has 0 aliphatic heterocycles. The van der Waals surface area contributed by atoms with Gasteiger partial charge in [0.2, 0.25) is 0 Å². The molecule has 0 heterocycles. The molecule has 0 radical (unpaired) electrons. The van der Waals surface area contributed by atoms with Crippen molar-refractivity contribution in [3.05, 3.63) is 24.3 Å². The van der Waals surface area contributed by atoms with Crippen molar-refractivity contribution in [2.24, 2.45) is 0 Å². The summed E-state index contributed by atoms with van der Waals surface area (Å²) in [5.41, 5.74) is 0. The zero-order chi connectivity index (χ0) is 36.5. The highest BCUT2D eigenvalue weighted by Crippen LogP contribution is 2.43. The number of unbranched alkanes of at least 4 members (excludes halogenated alkanes) is 17. The number of allylic oxidation sites excluding steroid dienone is 4. The minimum atomic E-state index is -4.37. The number of carbonyl (C=O) groups excluding carboxylic acids is 2. The van der Waals surface area contributed by atoms with E-state index in [0.717, 1.165) is 77.0 Å². The Labute approximate surface area is 300 Å². The van der Waals surface area contributed by atoms with E-state index in [9.17, 15) is 19.0 Å². The fourth-order valence-electron chi connectivity index (χ4n) is 5.07. The number of rotatable bonds is 35. The van der Waals surface area contributed by atoms with Gasteiger partial charge in [0.1, 0.15) is 19.8 Å². The maximum Gasteiger partial charge on any atom is 0.472 e. The Hall–Kier alpha value is -1.51. The molecule has 0 aromatic carbocycles. The fraction of sp³-hybridized carbons (Fsp3) is 0.846.